The minimum absolute atomic E-state index is 0.0899. The fourth-order valence-electron chi connectivity index (χ4n) is 4.43. The average Bonchev–Trinajstić information content (AvgIpc) is 3.34. The van der Waals surface area contributed by atoms with Gasteiger partial charge in [-0.1, -0.05) is 12.8 Å². The number of hydrogen-bond donors (Lipinski definition) is 2. The number of carbonyl (C=O) groups is 3. The molecule has 46 heavy (non-hydrogen) atoms. The van der Waals surface area contributed by atoms with Gasteiger partial charge in [-0.05, 0) is 40.7 Å². The number of amides is 2. The Bertz CT molecular complexity index is 1040. The van der Waals surface area contributed by atoms with E-state index in [0.717, 1.165) is 0 Å². The number of hydrogen-bond acceptors (Lipinski definition) is 13. The van der Waals surface area contributed by atoms with Crippen molar-refractivity contribution in [2.45, 2.75) is 77.3 Å². The molecule has 0 spiro atoms. The van der Waals surface area contributed by atoms with E-state index in [4.69, 9.17) is 53.8 Å². The predicted molar refractivity (Wildman–Crippen MR) is 163 cm³/mol. The maximum Gasteiger partial charge on any atom is 0.408 e. The van der Waals surface area contributed by atoms with Crippen LogP contribution in [0.4, 0.5) is 9.59 Å². The molecule has 0 aromatic heterocycles. The lowest BCUT2D eigenvalue weighted by molar-refractivity contribution is -0.171. The first-order valence-electron chi connectivity index (χ1n) is 15.2. The molecule has 0 unspecified atom stereocenters. The third kappa shape index (κ3) is 14.5. The van der Waals surface area contributed by atoms with Gasteiger partial charge in [0.1, 0.15) is 24.4 Å². The first-order chi connectivity index (χ1) is 21.8. The van der Waals surface area contributed by atoms with Gasteiger partial charge >= 0.3 is 18.2 Å². The average molecular weight is 659 g/mol. The molecule has 0 saturated carbocycles. The summed E-state index contributed by atoms with van der Waals surface area (Å²) >= 11 is 0. The summed E-state index contributed by atoms with van der Waals surface area (Å²) in [4.78, 5) is 38.1. The molecule has 2 N–H and O–H groups in total. The molecule has 0 bridgehead atoms. The molecule has 1 saturated heterocycles. The molecule has 5 atom stereocenters. The Kier molecular flexibility index (Phi) is 16.6. The molecule has 2 aliphatic heterocycles. The number of rotatable bonds is 18. The van der Waals surface area contributed by atoms with E-state index in [2.05, 4.69) is 16.6 Å². The van der Waals surface area contributed by atoms with Gasteiger partial charge in [0.2, 0.25) is 5.76 Å². The lowest BCUT2D eigenvalue weighted by atomic mass is 9.87. The van der Waals surface area contributed by atoms with E-state index in [-0.39, 0.29) is 32.1 Å². The molecule has 2 aliphatic rings. The van der Waals surface area contributed by atoms with Gasteiger partial charge in [-0.2, -0.15) is 0 Å². The number of nitrogens with one attached hydrogen (secondary N) is 2. The van der Waals surface area contributed by atoms with Gasteiger partial charge < -0.3 is 58.0 Å². The fourth-order valence-corrected chi connectivity index (χ4v) is 4.43. The second-order valence-electron chi connectivity index (χ2n) is 11.9. The molecule has 0 aliphatic carbocycles. The molecule has 15 heteroatoms. The van der Waals surface area contributed by atoms with E-state index in [9.17, 15) is 14.4 Å². The SMILES string of the molecule is C#CCOCCOCCOCCOCCNC(=O)O[C@@H]([C@@H]1OC(C(=O)OC)=C[C@H](NC(=O)OC(C)(C)C)[C@H]1C)[C@H]1COC(C)(C)O1. The number of methoxy groups -OCH3 is 1. The van der Waals surface area contributed by atoms with E-state index in [1.807, 2.05) is 0 Å². The summed E-state index contributed by atoms with van der Waals surface area (Å²) in [5, 5.41) is 5.41. The molecule has 0 aromatic rings. The summed E-state index contributed by atoms with van der Waals surface area (Å²) in [6, 6.07) is -0.734. The zero-order chi connectivity index (χ0) is 34.2. The molecule has 262 valence electrons. The monoisotopic (exact) mass is 658 g/mol. The summed E-state index contributed by atoms with van der Waals surface area (Å²) in [6.07, 6.45) is 2.34. The number of esters is 1. The van der Waals surface area contributed by atoms with Crippen LogP contribution >= 0.6 is 0 Å². The van der Waals surface area contributed by atoms with Crippen LogP contribution in [0.1, 0.15) is 41.5 Å². The van der Waals surface area contributed by atoms with Crippen LogP contribution in [0.5, 0.6) is 0 Å². The highest BCUT2D eigenvalue weighted by molar-refractivity contribution is 5.86. The zero-order valence-corrected chi connectivity index (χ0v) is 27.9. The molecule has 0 aromatic carbocycles. The Balaban J connectivity index is 1.93. The number of alkyl carbamates (subject to hydrolysis) is 2. The largest absolute Gasteiger partial charge is 0.479 e. The highest BCUT2D eigenvalue weighted by Gasteiger charge is 2.49. The van der Waals surface area contributed by atoms with E-state index in [1.54, 1.807) is 41.5 Å². The van der Waals surface area contributed by atoms with Crippen LogP contribution < -0.4 is 10.6 Å². The normalized spacial score (nSPS) is 22.9. The van der Waals surface area contributed by atoms with Crippen LogP contribution in [0.25, 0.3) is 0 Å². The fraction of sp³-hybridized carbons (Fsp3) is 0.774. The quantitative estimate of drug-likeness (QED) is 0.0950. The Labute approximate surface area is 271 Å². The Morgan fingerprint density at radius 2 is 1.63 bits per heavy atom. The van der Waals surface area contributed by atoms with Crippen LogP contribution in [0.3, 0.4) is 0 Å². The third-order valence-electron chi connectivity index (χ3n) is 6.53. The van der Waals surface area contributed by atoms with Crippen molar-refractivity contribution in [2.75, 3.05) is 73.1 Å². The van der Waals surface area contributed by atoms with Crippen molar-refractivity contribution >= 4 is 18.2 Å². The van der Waals surface area contributed by atoms with Crippen molar-refractivity contribution in [2.24, 2.45) is 5.92 Å². The molecule has 2 heterocycles. The molecule has 0 radical (unpaired) electrons. The van der Waals surface area contributed by atoms with Gasteiger partial charge in [0, 0.05) is 12.5 Å². The lowest BCUT2D eigenvalue weighted by Crippen LogP contribution is -2.56. The number of terminal acetylenes is 1. The Morgan fingerprint density at radius 1 is 1.02 bits per heavy atom. The van der Waals surface area contributed by atoms with Gasteiger partial charge in [0.15, 0.2) is 11.9 Å². The van der Waals surface area contributed by atoms with Gasteiger partial charge in [0.25, 0.3) is 0 Å². The van der Waals surface area contributed by atoms with Crippen LogP contribution in [-0.4, -0.2) is 127 Å². The van der Waals surface area contributed by atoms with Crippen molar-refractivity contribution in [1.29, 1.82) is 0 Å². The van der Waals surface area contributed by atoms with E-state index < -0.39 is 59.8 Å². The van der Waals surface area contributed by atoms with Gasteiger partial charge in [-0.3, -0.25) is 0 Å². The van der Waals surface area contributed by atoms with Gasteiger partial charge in [-0.15, -0.1) is 6.42 Å². The minimum atomic E-state index is -1.05. The number of carbonyl (C=O) groups excluding carboxylic acids is 3. The Morgan fingerprint density at radius 3 is 2.17 bits per heavy atom. The van der Waals surface area contributed by atoms with E-state index >= 15 is 0 Å². The maximum absolute atomic E-state index is 12.9. The predicted octanol–water partition coefficient (Wildman–Crippen LogP) is 1.92. The maximum atomic E-state index is 12.9. The van der Waals surface area contributed by atoms with Gasteiger partial charge in [0.05, 0.1) is 66.0 Å². The minimum Gasteiger partial charge on any atom is -0.479 e. The summed E-state index contributed by atoms with van der Waals surface area (Å²) in [5.74, 6) is -0.00704. The Hall–Kier alpha value is -3.13. The molecule has 2 amide bonds. The summed E-state index contributed by atoms with van der Waals surface area (Å²) in [5.41, 5.74) is -0.748. The summed E-state index contributed by atoms with van der Waals surface area (Å²) in [6.45, 7) is 13.5. The van der Waals surface area contributed by atoms with E-state index in [0.29, 0.717) is 39.6 Å². The second kappa shape index (κ2) is 19.5. The van der Waals surface area contributed by atoms with Crippen LogP contribution in [0.15, 0.2) is 11.8 Å². The topological polar surface area (TPSA) is 168 Å². The van der Waals surface area contributed by atoms with Crippen LogP contribution in [-0.2, 0) is 52.2 Å². The third-order valence-corrected chi connectivity index (χ3v) is 6.53. The highest BCUT2D eigenvalue weighted by Crippen LogP contribution is 2.34. The lowest BCUT2D eigenvalue weighted by Gasteiger charge is -2.40. The first kappa shape index (κ1) is 39.1. The molecule has 15 nitrogen and oxygen atoms in total. The smallest absolute Gasteiger partial charge is 0.408 e. The number of ether oxygens (including phenoxy) is 10. The van der Waals surface area contributed by atoms with Crippen LogP contribution in [0, 0.1) is 18.3 Å². The second-order valence-corrected chi connectivity index (χ2v) is 11.9. The molecule has 2 rings (SSSR count). The highest BCUT2D eigenvalue weighted by atomic mass is 16.8. The standard InChI is InChI=1S/C31H50N2O13/c1-9-11-38-13-15-40-17-18-41-16-14-39-12-10-32-28(35)44-26(24-20-42-31(6,7)45-24)25-21(2)22(19-23(43-25)27(34)37-8)33-29(36)46-30(3,4)5/h1,19,21-22,24-26H,10-18,20H2,2-8H3,(H,32,35)(H,33,36)/t21-,22+,24-,25-,26-/m1/s1. The van der Waals surface area contributed by atoms with Gasteiger partial charge in [-0.25, -0.2) is 14.4 Å². The van der Waals surface area contributed by atoms with Crippen molar-refractivity contribution in [1.82, 2.24) is 10.6 Å². The molecular formula is C31H50N2O13. The molecule has 1 fully saturated rings. The van der Waals surface area contributed by atoms with Crippen molar-refractivity contribution in [3.63, 3.8) is 0 Å². The van der Waals surface area contributed by atoms with E-state index in [1.165, 1.54) is 13.2 Å². The molecular weight excluding hydrogens is 608 g/mol. The van der Waals surface area contributed by atoms with Crippen molar-refractivity contribution in [3.8, 4) is 12.3 Å². The summed E-state index contributed by atoms with van der Waals surface area (Å²) in [7, 11) is 1.21. The zero-order valence-electron chi connectivity index (χ0n) is 27.9. The van der Waals surface area contributed by atoms with Crippen molar-refractivity contribution in [3.05, 3.63) is 11.8 Å². The van der Waals surface area contributed by atoms with Crippen LogP contribution in [0.2, 0.25) is 0 Å². The van der Waals surface area contributed by atoms with Crippen molar-refractivity contribution < 1.29 is 61.8 Å². The summed E-state index contributed by atoms with van der Waals surface area (Å²) < 4.78 is 55.3. The first-order valence-corrected chi connectivity index (χ1v) is 15.2.